The Morgan fingerprint density at radius 2 is 1.94 bits per heavy atom. The molecule has 0 fully saturated rings. The summed E-state index contributed by atoms with van der Waals surface area (Å²) < 4.78 is 35.1. The third kappa shape index (κ3) is 2.95. The maximum Gasteiger partial charge on any atom is 0.482 e. The average Bonchev–Trinajstić information content (AvgIpc) is 2.29. The third-order valence-corrected chi connectivity index (χ3v) is 2.13. The summed E-state index contributed by atoms with van der Waals surface area (Å²) in [5.41, 5.74) is 0.414. The lowest BCUT2D eigenvalue weighted by molar-refractivity contribution is -0.850. The first-order valence-corrected chi connectivity index (χ1v) is 5.88. The topological polar surface area (TPSA) is 93.3 Å². The first-order valence-electron chi connectivity index (χ1n) is 4.52. The van der Waals surface area contributed by atoms with E-state index in [1.54, 1.807) is 18.2 Å². The monoisotopic (exact) mass is 254 g/mol. The van der Waals surface area contributed by atoms with Gasteiger partial charge in [0.25, 0.3) is 0 Å². The van der Waals surface area contributed by atoms with E-state index in [1.807, 2.05) is 0 Å². The van der Waals surface area contributed by atoms with Crippen molar-refractivity contribution in [3.63, 3.8) is 0 Å². The Hall–Kier alpha value is -2.06. The van der Waals surface area contributed by atoms with Crippen molar-refractivity contribution in [1.82, 2.24) is 9.97 Å². The Morgan fingerprint density at radius 3 is 2.59 bits per heavy atom. The molecule has 0 aromatic carbocycles. The Balaban J connectivity index is 2.49. The van der Waals surface area contributed by atoms with Crippen molar-refractivity contribution in [3.05, 3.63) is 42.9 Å². The maximum atomic E-state index is 10.6. The van der Waals surface area contributed by atoms with Crippen molar-refractivity contribution in [1.29, 1.82) is 0 Å². The first-order chi connectivity index (χ1) is 8.06. The van der Waals surface area contributed by atoms with Gasteiger partial charge in [0.2, 0.25) is 0 Å². The molecule has 8 heteroatoms. The molecule has 2 aromatic heterocycles. The minimum atomic E-state index is -4.61. The molecule has 0 unspecified atom stereocenters. The van der Waals surface area contributed by atoms with Gasteiger partial charge < -0.3 is 0 Å². The SMILES string of the molecule is O=S(=O)(O)O[n+]1cccnc1-c1ccccn1. The summed E-state index contributed by atoms with van der Waals surface area (Å²) >= 11 is 0. The van der Waals surface area contributed by atoms with Gasteiger partial charge in [-0.3, -0.25) is 4.55 Å². The van der Waals surface area contributed by atoms with Crippen molar-refractivity contribution in [2.24, 2.45) is 0 Å². The van der Waals surface area contributed by atoms with Gasteiger partial charge in [0.05, 0.1) is 0 Å². The smallest absolute Gasteiger partial charge is 0.251 e. The predicted octanol–water partition coefficient (Wildman–Crippen LogP) is -0.338. The second-order valence-electron chi connectivity index (χ2n) is 2.99. The molecule has 0 spiro atoms. The van der Waals surface area contributed by atoms with Gasteiger partial charge in [0, 0.05) is 12.3 Å². The molecule has 17 heavy (non-hydrogen) atoms. The number of hydrogen-bond acceptors (Lipinski definition) is 5. The fourth-order valence-corrected chi connectivity index (χ4v) is 1.52. The Morgan fingerprint density at radius 1 is 1.18 bits per heavy atom. The van der Waals surface area contributed by atoms with Gasteiger partial charge in [0.15, 0.2) is 5.69 Å². The summed E-state index contributed by atoms with van der Waals surface area (Å²) in [6.07, 6.45) is 4.28. The molecule has 7 nitrogen and oxygen atoms in total. The van der Waals surface area contributed by atoms with Crippen LogP contribution < -0.4 is 9.01 Å². The molecule has 1 N–H and O–H groups in total. The lowest BCUT2D eigenvalue weighted by Crippen LogP contribution is -2.47. The highest BCUT2D eigenvalue weighted by Crippen LogP contribution is 2.06. The quantitative estimate of drug-likeness (QED) is 0.595. The van der Waals surface area contributed by atoms with E-state index in [0.29, 0.717) is 5.69 Å². The zero-order chi connectivity index (χ0) is 12.3. The van der Waals surface area contributed by atoms with Gasteiger partial charge in [-0.15, -0.1) is 0 Å². The molecule has 0 aliphatic heterocycles. The Labute approximate surface area is 97.3 Å². The van der Waals surface area contributed by atoms with Crippen LogP contribution in [0.1, 0.15) is 0 Å². The zero-order valence-corrected chi connectivity index (χ0v) is 9.28. The van der Waals surface area contributed by atoms with Gasteiger partial charge in [-0.05, 0) is 21.8 Å². The standard InChI is InChI=1S/C9H7N3O4S/c13-17(14,15)16-12-7-3-6-11-9(12)8-4-1-2-5-10-8/h1-7H/p+1. The van der Waals surface area contributed by atoms with Gasteiger partial charge in [-0.25, -0.2) is 4.98 Å². The predicted molar refractivity (Wildman–Crippen MR) is 55.8 cm³/mol. The molecule has 2 aromatic rings. The van der Waals surface area contributed by atoms with Crippen LogP contribution in [0.3, 0.4) is 0 Å². The van der Waals surface area contributed by atoms with Gasteiger partial charge in [-0.2, -0.15) is 12.7 Å². The highest BCUT2D eigenvalue weighted by Gasteiger charge is 2.21. The van der Waals surface area contributed by atoms with Crippen LogP contribution in [0.25, 0.3) is 11.5 Å². The molecule has 0 atom stereocenters. The molecule has 2 heterocycles. The summed E-state index contributed by atoms with van der Waals surface area (Å²) in [5, 5.41) is 0. The lowest BCUT2D eigenvalue weighted by Gasteiger charge is -1.99. The van der Waals surface area contributed by atoms with Crippen LogP contribution in [0.2, 0.25) is 0 Å². The largest absolute Gasteiger partial charge is 0.482 e. The fraction of sp³-hybridized carbons (Fsp3) is 0. The minimum absolute atomic E-state index is 0.158. The molecule has 0 radical (unpaired) electrons. The molecule has 0 saturated carbocycles. The van der Waals surface area contributed by atoms with Crippen molar-refractivity contribution in [3.8, 4) is 11.5 Å². The number of rotatable bonds is 3. The minimum Gasteiger partial charge on any atom is -0.251 e. The fourth-order valence-electron chi connectivity index (χ4n) is 1.19. The van der Waals surface area contributed by atoms with E-state index in [-0.39, 0.29) is 5.82 Å². The van der Waals surface area contributed by atoms with E-state index >= 15 is 0 Å². The lowest BCUT2D eigenvalue weighted by atomic mass is 10.3. The summed E-state index contributed by atoms with van der Waals surface area (Å²) in [7, 11) is -4.61. The number of hydrogen-bond donors (Lipinski definition) is 1. The van der Waals surface area contributed by atoms with Crippen LogP contribution in [-0.2, 0) is 10.4 Å². The Bertz CT molecular complexity index is 615. The van der Waals surface area contributed by atoms with Crippen LogP contribution in [0, 0.1) is 0 Å². The van der Waals surface area contributed by atoms with Crippen molar-refractivity contribution in [2.75, 3.05) is 0 Å². The molecule has 88 valence electrons. The summed E-state index contributed by atoms with van der Waals surface area (Å²) in [6.45, 7) is 0. The summed E-state index contributed by atoms with van der Waals surface area (Å²) in [4.78, 5) is 7.93. The van der Waals surface area contributed by atoms with E-state index in [9.17, 15) is 8.42 Å². The third-order valence-electron chi connectivity index (χ3n) is 1.78. The highest BCUT2D eigenvalue weighted by molar-refractivity contribution is 7.80. The number of aromatic nitrogens is 3. The maximum absolute atomic E-state index is 10.6. The summed E-state index contributed by atoms with van der Waals surface area (Å²) in [5.74, 6) is 0.158. The second kappa shape index (κ2) is 4.44. The van der Waals surface area contributed by atoms with Crippen LogP contribution >= 0.6 is 0 Å². The highest BCUT2D eigenvalue weighted by atomic mass is 32.3. The van der Waals surface area contributed by atoms with Crippen molar-refractivity contribution in [2.45, 2.75) is 0 Å². The normalized spacial score (nSPS) is 11.1. The number of nitrogens with zero attached hydrogens (tertiary/aromatic N) is 3. The second-order valence-corrected chi connectivity index (χ2v) is 3.99. The van der Waals surface area contributed by atoms with Gasteiger partial charge in [-0.1, -0.05) is 6.07 Å². The average molecular weight is 254 g/mol. The van der Waals surface area contributed by atoms with E-state index in [2.05, 4.69) is 14.3 Å². The van der Waals surface area contributed by atoms with Crippen LogP contribution in [0.15, 0.2) is 42.9 Å². The molecule has 2 rings (SSSR count). The molecular weight excluding hydrogens is 246 g/mol. The first kappa shape index (κ1) is 11.4. The summed E-state index contributed by atoms with van der Waals surface area (Å²) in [6, 6.07) is 6.51. The van der Waals surface area contributed by atoms with E-state index in [0.717, 1.165) is 4.73 Å². The number of pyridine rings is 1. The molecular formula is C9H8N3O4S+. The van der Waals surface area contributed by atoms with Gasteiger partial charge >= 0.3 is 16.2 Å². The molecule has 0 saturated heterocycles. The zero-order valence-electron chi connectivity index (χ0n) is 8.46. The van der Waals surface area contributed by atoms with Crippen LogP contribution in [0.5, 0.6) is 0 Å². The van der Waals surface area contributed by atoms with Crippen molar-refractivity contribution < 1.29 is 22.0 Å². The van der Waals surface area contributed by atoms with E-state index in [1.165, 1.54) is 24.7 Å². The van der Waals surface area contributed by atoms with E-state index < -0.39 is 10.4 Å². The Kier molecular flexibility index (Phi) is 2.98. The molecule has 0 amide bonds. The van der Waals surface area contributed by atoms with Crippen LogP contribution in [0.4, 0.5) is 0 Å². The van der Waals surface area contributed by atoms with Crippen molar-refractivity contribution >= 4 is 10.4 Å². The molecule has 0 aliphatic carbocycles. The van der Waals surface area contributed by atoms with E-state index in [4.69, 9.17) is 4.55 Å². The molecule has 0 aliphatic rings. The van der Waals surface area contributed by atoms with Crippen LogP contribution in [-0.4, -0.2) is 22.9 Å². The van der Waals surface area contributed by atoms with Gasteiger partial charge in [0.1, 0.15) is 12.4 Å². The molecule has 0 bridgehead atoms.